The Bertz CT molecular complexity index is 5940. The van der Waals surface area contributed by atoms with Crippen LogP contribution < -0.4 is 48.1 Å². The summed E-state index contributed by atoms with van der Waals surface area (Å²) in [7, 11) is 0. The van der Waals surface area contributed by atoms with Crippen molar-refractivity contribution < 1.29 is 72.7 Å². The molecule has 0 radical (unpaired) electrons. The van der Waals surface area contributed by atoms with Crippen LogP contribution in [0.1, 0.15) is 44.5 Å². The Kier molecular flexibility index (Phi) is 23.9. The second-order valence-corrected chi connectivity index (χ2v) is 29.3. The predicted molar refractivity (Wildman–Crippen MR) is 445 cm³/mol. The summed E-state index contributed by atoms with van der Waals surface area (Å²) < 4.78 is 172. The zero-order valence-electron chi connectivity index (χ0n) is 65.4. The lowest BCUT2D eigenvalue weighted by molar-refractivity contribution is -0.814. The number of nitrogens with zero attached hydrogens (tertiary/aromatic N) is 11. The number of hydrogen-bond donors (Lipinski definition) is 0. The molecule has 0 aliphatic carbocycles. The third-order valence-electron chi connectivity index (χ3n) is 20.3. The maximum Gasteiger partial charge on any atom is 0.416 e. The summed E-state index contributed by atoms with van der Waals surface area (Å²) in [5, 5.41) is 51.3. The molecule has 0 saturated heterocycles. The van der Waals surface area contributed by atoms with Crippen LogP contribution in [0.4, 0.5) is 73.6 Å². The largest absolute Gasteiger partial charge is 0.493 e. The van der Waals surface area contributed by atoms with Crippen molar-refractivity contribution in [2.45, 2.75) is 38.5 Å². The first-order valence-corrected chi connectivity index (χ1v) is 38.4. The van der Waals surface area contributed by atoms with Gasteiger partial charge in [-0.2, -0.15) is 85.3 Å². The number of halogens is 9. The van der Waals surface area contributed by atoms with Gasteiger partial charge in [-0.15, -0.1) is 6.42 Å². The van der Waals surface area contributed by atoms with Crippen molar-refractivity contribution >= 4 is 56.2 Å². The minimum atomic E-state index is -5.27. The van der Waals surface area contributed by atoms with Crippen LogP contribution >= 0.6 is 0 Å². The number of aromatic nitrogens is 6. The summed E-state index contributed by atoms with van der Waals surface area (Å²) in [6, 6.07) is 89.3. The Morgan fingerprint density at radius 3 is 1.04 bits per heavy atom. The van der Waals surface area contributed by atoms with Gasteiger partial charge in [0.1, 0.15) is 90.6 Å². The van der Waals surface area contributed by atoms with E-state index in [1.54, 1.807) is 72.8 Å². The highest BCUT2D eigenvalue weighted by Crippen LogP contribution is 2.46. The van der Waals surface area contributed by atoms with Gasteiger partial charge in [-0.05, 0) is 230 Å². The summed E-state index contributed by atoms with van der Waals surface area (Å²) in [4.78, 5) is 6.84. The van der Waals surface area contributed by atoms with E-state index in [4.69, 9.17) is 55.2 Å². The molecular formula is C97H70F9N11O6. The third-order valence-corrected chi connectivity index (χ3v) is 20.3. The standard InChI is InChI=1S/C97H70F9N11O6/c1-3-66-24-40-81(41-25-66)118-61-94(62-121-84-46-30-69(56-109)31-47-84,64-123-86-52-73(96(101,102)103)50-74(53-86)97(104,105)106)58-115-112-91-87(70-32-36-79(37-33-70)116(75-16-8-4-9-17-75)76-18-10-5-11-19-76)89-90(88(92(91)113-115)71-34-38-80(39-35-71)117(77-20-12-6-13-21-77)78-22-14-7-15-23-78)111-114(110-89)57-93(59-119-82-42-26-67(54-107)27-43-82,60-120-83-44-28-68(55-108)29-45-83)63-122-85-49-65(2)48-72(51-85)95(98,99)100/h1,4-53H,57-64H2,2H3. The smallest absolute Gasteiger partial charge is 0.416 e. The van der Waals surface area contributed by atoms with E-state index in [1.165, 1.54) is 46.8 Å². The normalized spacial score (nSPS) is 12.1. The number of benzene rings is 13. The van der Waals surface area contributed by atoms with Gasteiger partial charge in [0.2, 0.25) is 0 Å². The van der Waals surface area contributed by atoms with Gasteiger partial charge in [-0.1, -0.05) is 103 Å². The van der Waals surface area contributed by atoms with Crippen molar-refractivity contribution in [2.24, 2.45) is 10.8 Å². The fourth-order valence-corrected chi connectivity index (χ4v) is 14.1. The van der Waals surface area contributed by atoms with Gasteiger partial charge in [0, 0.05) is 61.8 Å². The Labute approximate surface area is 700 Å². The SMILES string of the molecule is C#Cc1ccc(OCC(COc2ccc(C#N)cc2)(COc2cc(C(F)(F)F)cc(C(F)(F)F)c2)Cn2nc3c(-c4ccc(N(c5ccccc5)c5ccccc5)cc4)c4n[n+](CC(COc5ccc(C#N)cc5)(COc5ccc(C#N)cc5)COc5cc(C)cc(C(F)(F)F)c5)[n-]c4c(-c4ccc(N(c5ccccc5)c5ccccc5)cc4)c3n2)cc1. The molecule has 0 aliphatic heterocycles. The topological polar surface area (TPSA) is 195 Å². The molecule has 0 spiro atoms. The molecule has 123 heavy (non-hydrogen) atoms. The van der Waals surface area contributed by atoms with Crippen LogP contribution in [0.25, 0.3) is 44.3 Å². The second-order valence-electron chi connectivity index (χ2n) is 29.3. The number of hydrogen-bond acceptors (Lipinski definition) is 14. The molecule has 15 rings (SSSR count). The highest BCUT2D eigenvalue weighted by atomic mass is 19.4. The minimum Gasteiger partial charge on any atom is -0.493 e. The van der Waals surface area contributed by atoms with Crippen LogP contribution in [0.15, 0.2) is 303 Å². The molecule has 0 aliphatic rings. The number of anilines is 6. The number of ether oxygens (including phenoxy) is 6. The molecular weight excluding hydrogens is 1590 g/mol. The fraction of sp³-hybridized carbons (Fsp3) is 0.144. The summed E-state index contributed by atoms with van der Waals surface area (Å²) in [6.07, 6.45) is -9.54. The zero-order chi connectivity index (χ0) is 85.9. The number of aryl methyl sites for hydroxylation is 1. The average Bonchev–Trinajstić information content (AvgIpc) is 1.57. The quantitative estimate of drug-likeness (QED) is 0.0234. The van der Waals surface area contributed by atoms with E-state index in [2.05, 4.69) is 33.9 Å². The molecule has 612 valence electrons. The van der Waals surface area contributed by atoms with Crippen molar-refractivity contribution in [3.05, 3.63) is 348 Å². The Balaban J connectivity index is 0.979. The molecule has 2 heterocycles. The third kappa shape index (κ3) is 19.4. The molecule has 0 bridgehead atoms. The summed E-state index contributed by atoms with van der Waals surface area (Å²) in [5.41, 5.74) is 1.16. The summed E-state index contributed by atoms with van der Waals surface area (Å²) in [6.45, 7) is -2.02. The van der Waals surface area contributed by atoms with Gasteiger partial charge >= 0.3 is 18.5 Å². The molecule has 17 nitrogen and oxygen atoms in total. The molecule has 26 heteroatoms. The van der Waals surface area contributed by atoms with E-state index >= 15 is 0 Å². The Morgan fingerprint density at radius 1 is 0.366 bits per heavy atom. The zero-order valence-corrected chi connectivity index (χ0v) is 65.4. The molecule has 13 aromatic carbocycles. The van der Waals surface area contributed by atoms with Gasteiger partial charge in [-0.3, -0.25) is 0 Å². The first-order chi connectivity index (χ1) is 59.4. The van der Waals surface area contributed by atoms with Gasteiger partial charge in [0.15, 0.2) is 6.54 Å². The lowest BCUT2D eigenvalue weighted by Gasteiger charge is -2.33. The van der Waals surface area contributed by atoms with Crippen molar-refractivity contribution in [1.29, 1.82) is 15.8 Å². The van der Waals surface area contributed by atoms with Crippen LogP contribution in [-0.2, 0) is 31.6 Å². The summed E-state index contributed by atoms with van der Waals surface area (Å²) >= 11 is 0. The van der Waals surface area contributed by atoms with Crippen molar-refractivity contribution in [2.75, 3.05) is 49.4 Å². The van der Waals surface area contributed by atoms with E-state index in [-0.39, 0.29) is 87.8 Å². The average molecular weight is 1660 g/mol. The number of fused-ring (bicyclic) bond motifs is 2. The van der Waals surface area contributed by atoms with Crippen LogP contribution in [0, 0.1) is 64.1 Å². The van der Waals surface area contributed by atoms with E-state index in [1.807, 2.05) is 170 Å². The van der Waals surface area contributed by atoms with E-state index in [9.17, 15) is 55.3 Å². The molecule has 2 aromatic heterocycles. The van der Waals surface area contributed by atoms with Crippen LogP contribution in [-0.4, -0.2) is 59.7 Å². The molecule has 0 fully saturated rings. The lowest BCUT2D eigenvalue weighted by atomic mass is 9.90. The Morgan fingerprint density at radius 2 is 0.683 bits per heavy atom. The highest BCUT2D eigenvalue weighted by Gasteiger charge is 2.43. The first kappa shape index (κ1) is 82.6. The second kappa shape index (κ2) is 35.6. The van der Waals surface area contributed by atoms with E-state index in [0.29, 0.717) is 62.5 Å². The maximum atomic E-state index is 14.8. The molecule has 0 amide bonds. The lowest BCUT2D eigenvalue weighted by Crippen LogP contribution is -2.55. The van der Waals surface area contributed by atoms with Gasteiger partial charge in [0.05, 0.1) is 63.5 Å². The maximum absolute atomic E-state index is 14.8. The molecule has 0 saturated carbocycles. The number of terminal acetylenes is 1. The van der Waals surface area contributed by atoms with Crippen LogP contribution in [0.3, 0.4) is 0 Å². The number of nitriles is 3. The van der Waals surface area contributed by atoms with E-state index in [0.717, 1.165) is 34.9 Å². The molecule has 0 N–H and O–H groups in total. The fourth-order valence-electron chi connectivity index (χ4n) is 14.1. The van der Waals surface area contributed by atoms with Crippen molar-refractivity contribution in [3.8, 4) is 87.3 Å². The number of alkyl halides is 9. The number of para-hydroxylation sites is 4. The molecule has 1 unspecified atom stereocenters. The van der Waals surface area contributed by atoms with Gasteiger partial charge in [0.25, 0.3) is 0 Å². The van der Waals surface area contributed by atoms with Crippen LogP contribution in [0.2, 0.25) is 0 Å². The summed E-state index contributed by atoms with van der Waals surface area (Å²) in [5.74, 6) is 2.60. The number of rotatable bonds is 30. The minimum absolute atomic E-state index is 0.00937. The van der Waals surface area contributed by atoms with Gasteiger partial charge in [-0.25, -0.2) is 0 Å². The van der Waals surface area contributed by atoms with Crippen LogP contribution in [0.5, 0.6) is 34.5 Å². The van der Waals surface area contributed by atoms with E-state index < -0.39 is 84.8 Å². The predicted octanol–water partition coefficient (Wildman–Crippen LogP) is 21.9. The monoisotopic (exact) mass is 1660 g/mol. The van der Waals surface area contributed by atoms with Crippen molar-refractivity contribution in [1.82, 2.24) is 25.2 Å². The first-order valence-electron chi connectivity index (χ1n) is 38.4. The molecule has 1 atom stereocenters. The highest BCUT2D eigenvalue weighted by molar-refractivity contribution is 6.16. The molecule has 15 aromatic rings. The van der Waals surface area contributed by atoms with Crippen molar-refractivity contribution in [3.63, 3.8) is 0 Å². The Hall–Kier alpha value is -15.5. The van der Waals surface area contributed by atoms with Gasteiger partial charge < -0.3 is 38.2 Å².